The third kappa shape index (κ3) is 25.5. The van der Waals surface area contributed by atoms with E-state index in [1.807, 2.05) is 0 Å². The summed E-state index contributed by atoms with van der Waals surface area (Å²) >= 11 is 0. The Bertz CT molecular complexity index is 1970. The summed E-state index contributed by atoms with van der Waals surface area (Å²) < 4.78 is 31.7. The van der Waals surface area contributed by atoms with E-state index < -0.39 is 157 Å². The summed E-state index contributed by atoms with van der Waals surface area (Å²) in [4.78, 5) is 134. The lowest BCUT2D eigenvalue weighted by Crippen LogP contribution is -2.59. The molecule has 394 valence electrons. The van der Waals surface area contributed by atoms with Crippen molar-refractivity contribution in [3.8, 4) is 0 Å². The number of alkyl halides is 3. The van der Waals surface area contributed by atoms with Crippen molar-refractivity contribution in [1.82, 2.24) is 31.9 Å². The van der Waals surface area contributed by atoms with Gasteiger partial charge in [-0.15, -0.1) is 0 Å². The number of hydrogen-bond donors (Lipinski definition) is 13. The zero-order valence-corrected chi connectivity index (χ0v) is 39.4. The number of aliphatic hydroxyl groups excluding tert-OH is 1. The molecule has 7 amide bonds. The van der Waals surface area contributed by atoms with E-state index >= 15 is 0 Å². The zero-order valence-electron chi connectivity index (χ0n) is 39.4. The average molecular weight is 1010 g/mol. The molecule has 1 aromatic rings. The Morgan fingerprint density at radius 3 is 1.59 bits per heavy atom. The van der Waals surface area contributed by atoms with Gasteiger partial charge in [-0.2, -0.15) is 13.2 Å². The summed E-state index contributed by atoms with van der Waals surface area (Å²) in [6.07, 6.45) is -8.93. The van der Waals surface area contributed by atoms with Crippen LogP contribution in [0, 0.1) is 17.8 Å². The summed E-state index contributed by atoms with van der Waals surface area (Å²) in [6.45, 7) is 9.47. The van der Waals surface area contributed by atoms with Crippen LogP contribution < -0.4 is 43.4 Å². The Morgan fingerprint density at radius 1 is 0.614 bits per heavy atom. The number of nitrogens with one attached hydrogen (secondary N) is 6. The van der Waals surface area contributed by atoms with Gasteiger partial charge in [0.1, 0.15) is 30.2 Å². The first-order valence-electron chi connectivity index (χ1n) is 21.8. The van der Waals surface area contributed by atoms with Gasteiger partial charge in [-0.1, -0.05) is 65.0 Å². The number of halogens is 3. The number of amides is 7. The minimum absolute atomic E-state index is 0.0978. The predicted molar refractivity (Wildman–Crippen MR) is 238 cm³/mol. The fourth-order valence-electron chi connectivity index (χ4n) is 6.19. The van der Waals surface area contributed by atoms with E-state index in [0.717, 1.165) is 0 Å². The van der Waals surface area contributed by atoms with Crippen molar-refractivity contribution in [1.29, 1.82) is 0 Å². The Kier molecular flexibility index (Phi) is 27.5. The average Bonchev–Trinajstić information content (AvgIpc) is 3.24. The van der Waals surface area contributed by atoms with Gasteiger partial charge in [-0.05, 0) is 50.0 Å². The maximum Gasteiger partial charge on any atom is 0.490 e. The highest BCUT2D eigenvalue weighted by atomic mass is 19.4. The van der Waals surface area contributed by atoms with Crippen molar-refractivity contribution in [2.24, 2.45) is 29.2 Å². The molecule has 9 atom stereocenters. The number of nitrogens with two attached hydrogens (primary N) is 2. The van der Waals surface area contributed by atoms with E-state index in [4.69, 9.17) is 26.5 Å². The fraction of sp³-hybridized carbons (Fsp3) is 0.605. The molecule has 0 unspecified atom stereocenters. The SMILES string of the molecule is CC(C)C[C@@H](NC(=O)[C@H](CC(N)=O)NC(=O)[C@@H](NC(=O)[C@@H](N)CCC(=O)O)C(C)C)[C@H](O)C[C@@H](C)C(=O)N[C@@H](C)C(=O)N[C@@H](CCC(=O)O)C(=O)N[C@@H](Cc1ccccc1)C(=O)O.O=C(O)C(F)(F)F. The third-order valence-electron chi connectivity index (χ3n) is 10.0. The summed E-state index contributed by atoms with van der Waals surface area (Å²) in [7, 11) is 0. The molecule has 0 bridgehead atoms. The van der Waals surface area contributed by atoms with Crippen molar-refractivity contribution in [3.63, 3.8) is 0 Å². The van der Waals surface area contributed by atoms with Gasteiger partial charge in [0.05, 0.1) is 24.6 Å². The monoisotopic (exact) mass is 1010 g/mol. The third-order valence-corrected chi connectivity index (χ3v) is 10.0. The molecule has 0 aliphatic carbocycles. The van der Waals surface area contributed by atoms with E-state index in [-0.39, 0.29) is 31.6 Å². The predicted octanol–water partition coefficient (Wildman–Crippen LogP) is -1.10. The molecule has 0 radical (unpaired) electrons. The number of carbonyl (C=O) groups excluding carboxylic acids is 7. The second-order valence-electron chi connectivity index (χ2n) is 17.1. The Balaban J connectivity index is 0.00000628. The lowest BCUT2D eigenvalue weighted by Gasteiger charge is -2.30. The molecule has 0 saturated carbocycles. The summed E-state index contributed by atoms with van der Waals surface area (Å²) in [6, 6.07) is -0.933. The number of rotatable bonds is 29. The molecule has 0 heterocycles. The van der Waals surface area contributed by atoms with E-state index in [0.29, 0.717) is 5.56 Å². The molecule has 0 spiro atoms. The highest BCUT2D eigenvalue weighted by Gasteiger charge is 2.38. The molecule has 0 aliphatic rings. The number of aliphatic hydroxyl groups is 1. The molecule has 70 heavy (non-hydrogen) atoms. The quantitative estimate of drug-likeness (QED) is 0.0453. The molecule has 0 fully saturated rings. The number of carboxylic acids is 4. The van der Waals surface area contributed by atoms with E-state index in [9.17, 15) is 76.4 Å². The molecular formula is C43H65F3N8O16. The van der Waals surface area contributed by atoms with Crippen LogP contribution in [0.4, 0.5) is 13.2 Å². The first-order valence-corrected chi connectivity index (χ1v) is 21.8. The van der Waals surface area contributed by atoms with Gasteiger partial charge in [0, 0.05) is 25.2 Å². The number of aliphatic carboxylic acids is 4. The standard InChI is InChI=1S/C41H64N8O14.C2HF3O2/c1-20(2)16-27(46-39(60)28(19-31(43)51)47-40(61)34(21(3)4)49-37(58)25(42)12-14-32(52)53)30(50)17-22(5)35(56)44-23(6)36(57)45-26(13-15-33(54)55)38(59)48-29(41(62)63)18-24-10-8-7-9-11-24;3-2(4,5)1(6)7/h7-11,20-23,25-30,34,50H,12-19,42H2,1-6H3,(H2,43,51)(H,44,56)(H,45,57)(H,46,60)(H,47,61)(H,48,59)(H,49,58)(H,52,53)(H,54,55)(H,62,63);(H,6,7)/t22-,23+,25+,26+,27-,28+,29+,30-,34+;/m1./s1. The van der Waals surface area contributed by atoms with Crippen LogP contribution in [-0.2, 0) is 59.2 Å². The Labute approximate surface area is 400 Å². The molecule has 0 aromatic heterocycles. The van der Waals surface area contributed by atoms with Crippen LogP contribution in [0.3, 0.4) is 0 Å². The van der Waals surface area contributed by atoms with Gasteiger partial charge < -0.3 is 68.9 Å². The summed E-state index contributed by atoms with van der Waals surface area (Å²) in [5.74, 6) is -14.4. The number of carboxylic acid groups (broad SMARTS) is 4. The van der Waals surface area contributed by atoms with Crippen LogP contribution >= 0.6 is 0 Å². The van der Waals surface area contributed by atoms with Crippen LogP contribution in [-0.4, -0.2) is 145 Å². The Morgan fingerprint density at radius 2 is 1.11 bits per heavy atom. The van der Waals surface area contributed by atoms with Crippen LogP contribution in [0.15, 0.2) is 30.3 Å². The number of benzene rings is 1. The highest BCUT2D eigenvalue weighted by Crippen LogP contribution is 2.17. The van der Waals surface area contributed by atoms with Crippen LogP contribution in [0.2, 0.25) is 0 Å². The van der Waals surface area contributed by atoms with Crippen LogP contribution in [0.25, 0.3) is 0 Å². The molecule has 0 aliphatic heterocycles. The largest absolute Gasteiger partial charge is 0.490 e. The molecule has 1 rings (SSSR count). The topological polar surface area (TPSA) is 413 Å². The molecule has 27 heteroatoms. The van der Waals surface area contributed by atoms with Crippen LogP contribution in [0.1, 0.15) is 92.1 Å². The van der Waals surface area contributed by atoms with Gasteiger partial charge in [0.25, 0.3) is 0 Å². The van der Waals surface area contributed by atoms with Gasteiger partial charge in [0.2, 0.25) is 41.4 Å². The second-order valence-corrected chi connectivity index (χ2v) is 17.1. The smallest absolute Gasteiger partial charge is 0.481 e. The number of primary amides is 1. The van der Waals surface area contributed by atoms with Crippen LogP contribution in [0.5, 0.6) is 0 Å². The minimum atomic E-state index is -5.08. The molecular weight excluding hydrogens is 942 g/mol. The lowest BCUT2D eigenvalue weighted by molar-refractivity contribution is -0.192. The molecule has 15 N–H and O–H groups in total. The zero-order chi connectivity index (χ0) is 54.2. The minimum Gasteiger partial charge on any atom is -0.481 e. The van der Waals surface area contributed by atoms with E-state index in [1.54, 1.807) is 58.0 Å². The van der Waals surface area contributed by atoms with Crippen molar-refractivity contribution in [2.75, 3.05) is 0 Å². The second kappa shape index (κ2) is 30.6. The number of hydrogen-bond acceptors (Lipinski definition) is 13. The maximum atomic E-state index is 13.6. The lowest BCUT2D eigenvalue weighted by atomic mass is 9.92. The van der Waals surface area contributed by atoms with Crippen molar-refractivity contribution in [3.05, 3.63) is 35.9 Å². The van der Waals surface area contributed by atoms with Crippen molar-refractivity contribution < 1.29 is 91.4 Å². The summed E-state index contributed by atoms with van der Waals surface area (Å²) in [5, 5.41) is 60.9. The fourth-order valence-corrected chi connectivity index (χ4v) is 6.19. The van der Waals surface area contributed by atoms with Gasteiger partial charge >= 0.3 is 30.1 Å². The van der Waals surface area contributed by atoms with Crippen molar-refractivity contribution in [2.45, 2.75) is 147 Å². The van der Waals surface area contributed by atoms with Crippen molar-refractivity contribution >= 4 is 65.2 Å². The van der Waals surface area contributed by atoms with E-state index in [2.05, 4.69) is 31.9 Å². The number of carbonyl (C=O) groups is 11. The highest BCUT2D eigenvalue weighted by molar-refractivity contribution is 5.96. The summed E-state index contributed by atoms with van der Waals surface area (Å²) in [5.41, 5.74) is 11.8. The van der Waals surface area contributed by atoms with Gasteiger partial charge in [-0.3, -0.25) is 43.2 Å². The van der Waals surface area contributed by atoms with E-state index in [1.165, 1.54) is 13.8 Å². The van der Waals surface area contributed by atoms with Gasteiger partial charge in [-0.25, -0.2) is 9.59 Å². The molecule has 0 saturated heterocycles. The maximum absolute atomic E-state index is 13.6. The normalized spacial score (nSPS) is 15.0. The first kappa shape index (κ1) is 63.1. The van der Waals surface area contributed by atoms with Gasteiger partial charge in [0.15, 0.2) is 0 Å². The molecule has 1 aromatic carbocycles. The first-order chi connectivity index (χ1) is 32.3. The molecule has 24 nitrogen and oxygen atoms in total. The Hall–Kier alpha value is -6.90.